The summed E-state index contributed by atoms with van der Waals surface area (Å²) in [5.74, 6) is 3.57. The zero-order valence-electron chi connectivity index (χ0n) is 18.8. The van der Waals surface area contributed by atoms with Crippen LogP contribution in [-0.4, -0.2) is 24.2 Å². The van der Waals surface area contributed by atoms with E-state index in [1.807, 2.05) is 0 Å². The van der Waals surface area contributed by atoms with Crippen molar-refractivity contribution in [3.05, 3.63) is 22.0 Å². The molecule has 0 amide bonds. The Hall–Kier alpha value is -1.36. The van der Waals surface area contributed by atoms with E-state index in [-0.39, 0.29) is 12.1 Å². The zero-order valence-corrected chi connectivity index (χ0v) is 19.6. The Morgan fingerprint density at radius 3 is 2.73 bits per heavy atom. The molecule has 5 heteroatoms. The summed E-state index contributed by atoms with van der Waals surface area (Å²) in [6, 6.07) is 0. The van der Waals surface area contributed by atoms with E-state index in [0.717, 1.165) is 42.9 Å². The van der Waals surface area contributed by atoms with Gasteiger partial charge in [0.05, 0.1) is 12.5 Å². The fraction of sp³-hybridized carbons (Fsp3) is 0.760. The molecule has 0 aromatic carbocycles. The van der Waals surface area contributed by atoms with Crippen molar-refractivity contribution < 1.29 is 14.3 Å². The van der Waals surface area contributed by atoms with Crippen molar-refractivity contribution in [1.29, 1.82) is 0 Å². The Morgan fingerprint density at radius 2 is 2.00 bits per heavy atom. The number of hydrogen-bond donors (Lipinski definition) is 0. The molecule has 2 unspecified atom stereocenters. The van der Waals surface area contributed by atoms with Crippen molar-refractivity contribution in [2.24, 2.45) is 28.6 Å². The molecule has 1 aromatic rings. The lowest BCUT2D eigenvalue weighted by Gasteiger charge is -2.58. The molecule has 0 N–H and O–H groups in total. The molecule has 5 rings (SSSR count). The number of methoxy groups -OCH3 is 1. The van der Waals surface area contributed by atoms with Crippen LogP contribution in [0.2, 0.25) is 0 Å². The Kier molecular flexibility index (Phi) is 5.04. The number of carbonyl (C=O) groups excluding carboxylic acids is 1. The van der Waals surface area contributed by atoms with Crippen LogP contribution < -0.4 is 4.74 Å². The molecule has 1 heterocycles. The van der Waals surface area contributed by atoms with Crippen LogP contribution in [0.1, 0.15) is 83.1 Å². The van der Waals surface area contributed by atoms with Crippen LogP contribution >= 0.6 is 11.3 Å². The maximum Gasteiger partial charge on any atom is 0.302 e. The van der Waals surface area contributed by atoms with Crippen LogP contribution in [0.15, 0.2) is 17.0 Å². The molecule has 0 saturated heterocycles. The van der Waals surface area contributed by atoms with Crippen LogP contribution in [0.3, 0.4) is 0 Å². The van der Waals surface area contributed by atoms with Gasteiger partial charge >= 0.3 is 5.97 Å². The van der Waals surface area contributed by atoms with Gasteiger partial charge in [0.15, 0.2) is 0 Å². The van der Waals surface area contributed by atoms with Crippen LogP contribution in [0, 0.1) is 28.6 Å². The molecule has 30 heavy (non-hydrogen) atoms. The van der Waals surface area contributed by atoms with Gasteiger partial charge in [-0.1, -0.05) is 25.5 Å². The maximum absolute atomic E-state index is 11.5. The molecular formula is C25H35NO3S. The Morgan fingerprint density at radius 1 is 1.17 bits per heavy atom. The molecule has 0 spiro atoms. The van der Waals surface area contributed by atoms with Crippen molar-refractivity contribution in [2.45, 2.75) is 84.2 Å². The molecule has 0 bridgehead atoms. The third-order valence-corrected chi connectivity index (χ3v) is 10.3. The summed E-state index contributed by atoms with van der Waals surface area (Å²) >= 11 is 1.79. The molecule has 1 aromatic heterocycles. The molecule has 0 radical (unpaired) electrons. The highest BCUT2D eigenvalue weighted by molar-refractivity contribution is 7.09. The van der Waals surface area contributed by atoms with Gasteiger partial charge in [-0.05, 0) is 73.5 Å². The lowest BCUT2D eigenvalue weighted by atomic mass is 9.47. The molecule has 3 fully saturated rings. The molecule has 7 atom stereocenters. The van der Waals surface area contributed by atoms with Crippen molar-refractivity contribution in [3.63, 3.8) is 0 Å². The van der Waals surface area contributed by atoms with E-state index >= 15 is 0 Å². The topological polar surface area (TPSA) is 48.4 Å². The second kappa shape index (κ2) is 7.36. The summed E-state index contributed by atoms with van der Waals surface area (Å²) in [5.41, 5.74) is 2.23. The quantitative estimate of drug-likeness (QED) is 0.428. The third-order valence-electron chi connectivity index (χ3n) is 9.40. The Bertz CT molecular complexity index is 862. The first-order chi connectivity index (χ1) is 14.3. The largest absolute Gasteiger partial charge is 0.480 e. The van der Waals surface area contributed by atoms with E-state index < -0.39 is 0 Å². The van der Waals surface area contributed by atoms with Gasteiger partial charge in [-0.25, -0.2) is 4.98 Å². The van der Waals surface area contributed by atoms with E-state index in [9.17, 15) is 4.79 Å². The van der Waals surface area contributed by atoms with Gasteiger partial charge in [0.1, 0.15) is 11.1 Å². The predicted molar refractivity (Wildman–Crippen MR) is 119 cm³/mol. The molecule has 4 nitrogen and oxygen atoms in total. The molecular weight excluding hydrogens is 394 g/mol. The monoisotopic (exact) mass is 429 g/mol. The first-order valence-corrected chi connectivity index (χ1v) is 12.6. The first-order valence-electron chi connectivity index (χ1n) is 11.7. The highest BCUT2D eigenvalue weighted by atomic mass is 32.1. The lowest BCUT2D eigenvalue weighted by molar-refractivity contribution is -0.148. The fourth-order valence-electron chi connectivity index (χ4n) is 7.89. The van der Waals surface area contributed by atoms with Crippen molar-refractivity contribution in [1.82, 2.24) is 4.98 Å². The molecule has 4 aliphatic rings. The van der Waals surface area contributed by atoms with E-state index in [1.54, 1.807) is 24.0 Å². The zero-order chi connectivity index (χ0) is 21.1. The number of hydrogen-bond acceptors (Lipinski definition) is 5. The van der Waals surface area contributed by atoms with Gasteiger partial charge in [0.2, 0.25) is 5.88 Å². The maximum atomic E-state index is 11.5. The smallest absolute Gasteiger partial charge is 0.302 e. The van der Waals surface area contributed by atoms with Gasteiger partial charge in [-0.3, -0.25) is 4.79 Å². The molecule has 164 valence electrons. The minimum absolute atomic E-state index is 0.0861. The fourth-order valence-corrected chi connectivity index (χ4v) is 8.96. The number of esters is 1. The number of nitrogens with zero attached hydrogens (tertiary/aromatic N) is 1. The van der Waals surface area contributed by atoms with Gasteiger partial charge in [-0.15, -0.1) is 11.3 Å². The van der Waals surface area contributed by atoms with Crippen LogP contribution in [-0.2, 0) is 9.53 Å². The minimum atomic E-state index is -0.137. The van der Waals surface area contributed by atoms with Crippen LogP contribution in [0.4, 0.5) is 0 Å². The van der Waals surface area contributed by atoms with Gasteiger partial charge in [0.25, 0.3) is 0 Å². The van der Waals surface area contributed by atoms with E-state index in [2.05, 4.69) is 25.3 Å². The lowest BCUT2D eigenvalue weighted by Crippen LogP contribution is -2.50. The second-order valence-electron chi connectivity index (χ2n) is 10.6. The number of ether oxygens (including phenoxy) is 2. The summed E-state index contributed by atoms with van der Waals surface area (Å²) in [6.45, 7) is 6.61. The standard InChI is InChI=1S/C25H35NO3S/c1-15(27)29-17-9-11-24(2)16(13-17)5-6-18-19-7-8-21(23-26-22(28-4)14-30-23)25(19,3)12-10-20(18)24/h5,14,17-21H,6-13H2,1-4H3/t17-,18-,19?,20?,21+,24-,25-/m0/s1. The molecule has 3 saturated carbocycles. The number of rotatable bonds is 3. The van der Waals surface area contributed by atoms with E-state index in [4.69, 9.17) is 14.5 Å². The van der Waals surface area contributed by atoms with E-state index in [0.29, 0.717) is 16.7 Å². The molecule has 0 aliphatic heterocycles. The Labute approximate surface area is 184 Å². The SMILES string of the molecule is COc1csc([C@H]2CCC3[C@@H]4CC=C5C[C@@H](OC(C)=O)CC[C@]5(C)C4CC[C@@]32C)n1. The first kappa shape index (κ1) is 20.5. The normalized spacial score (nSPS) is 42.5. The van der Waals surface area contributed by atoms with Gasteiger partial charge in [-0.2, -0.15) is 0 Å². The number of aromatic nitrogens is 1. The van der Waals surface area contributed by atoms with Crippen LogP contribution in [0.25, 0.3) is 0 Å². The van der Waals surface area contributed by atoms with Crippen molar-refractivity contribution >= 4 is 17.3 Å². The average molecular weight is 430 g/mol. The summed E-state index contributed by atoms with van der Waals surface area (Å²) in [7, 11) is 1.71. The third kappa shape index (κ3) is 3.06. The van der Waals surface area contributed by atoms with Crippen LogP contribution in [0.5, 0.6) is 5.88 Å². The molecule has 4 aliphatic carbocycles. The minimum Gasteiger partial charge on any atom is -0.480 e. The summed E-state index contributed by atoms with van der Waals surface area (Å²) < 4.78 is 11.0. The van der Waals surface area contributed by atoms with Gasteiger partial charge < -0.3 is 9.47 Å². The predicted octanol–water partition coefficient (Wildman–Crippen LogP) is 6.13. The Balaban J connectivity index is 1.39. The summed E-state index contributed by atoms with van der Waals surface area (Å²) in [5, 5.41) is 3.35. The van der Waals surface area contributed by atoms with E-state index in [1.165, 1.54) is 44.0 Å². The highest BCUT2D eigenvalue weighted by Gasteiger charge is 2.59. The van der Waals surface area contributed by atoms with Gasteiger partial charge in [0, 0.05) is 19.3 Å². The number of allylic oxidation sites excluding steroid dienone is 1. The highest BCUT2D eigenvalue weighted by Crippen LogP contribution is 2.68. The summed E-state index contributed by atoms with van der Waals surface area (Å²) in [4.78, 5) is 16.3. The van der Waals surface area contributed by atoms with Crippen molar-refractivity contribution in [3.8, 4) is 5.88 Å². The number of fused-ring (bicyclic) bond motifs is 5. The summed E-state index contributed by atoms with van der Waals surface area (Å²) in [6.07, 6.45) is 12.2. The number of carbonyl (C=O) groups is 1. The number of thiazole rings is 1. The second-order valence-corrected chi connectivity index (χ2v) is 11.5. The average Bonchev–Trinajstić information content (AvgIpc) is 3.31. The van der Waals surface area contributed by atoms with Crippen molar-refractivity contribution in [2.75, 3.05) is 7.11 Å².